The summed E-state index contributed by atoms with van der Waals surface area (Å²) in [5.41, 5.74) is 7.03. The van der Waals surface area contributed by atoms with Crippen LogP contribution in [-0.4, -0.2) is 21.2 Å². The maximum Gasteiger partial charge on any atom is 0.213 e. The van der Waals surface area contributed by atoms with E-state index in [4.69, 9.17) is 5.73 Å². The van der Waals surface area contributed by atoms with Gasteiger partial charge in [0.2, 0.25) is 5.16 Å². The molecule has 1 aromatic carbocycles. The Bertz CT molecular complexity index is 539. The smallest absolute Gasteiger partial charge is 0.213 e. The molecule has 4 nitrogen and oxygen atoms in total. The lowest BCUT2D eigenvalue weighted by molar-refractivity contribution is 0.735. The molecule has 1 aromatic heterocycles. The summed E-state index contributed by atoms with van der Waals surface area (Å²) in [6.07, 6.45) is 0.866. The predicted molar refractivity (Wildman–Crippen MR) is 76.7 cm³/mol. The van der Waals surface area contributed by atoms with Crippen LogP contribution in [0.5, 0.6) is 0 Å². The number of aromatic amines is 1. The quantitative estimate of drug-likeness (QED) is 0.906. The number of aromatic nitrogens is 3. The molecule has 0 amide bonds. The second kappa shape index (κ2) is 5.86. The third-order valence-electron chi connectivity index (χ3n) is 2.35. The molecule has 0 aliphatic carbocycles. The molecule has 96 valence electrons. The summed E-state index contributed by atoms with van der Waals surface area (Å²) in [5, 5.41) is 7.67. The van der Waals surface area contributed by atoms with E-state index in [0.29, 0.717) is 0 Å². The Hall–Kier alpha value is -0.850. The van der Waals surface area contributed by atoms with E-state index in [-0.39, 0.29) is 6.04 Å². The van der Waals surface area contributed by atoms with Crippen molar-refractivity contribution in [3.05, 3.63) is 34.1 Å². The van der Waals surface area contributed by atoms with Gasteiger partial charge in [0.25, 0.3) is 0 Å². The lowest BCUT2D eigenvalue weighted by Crippen LogP contribution is -2.17. The van der Waals surface area contributed by atoms with Gasteiger partial charge in [-0.25, -0.2) is 4.98 Å². The summed E-state index contributed by atoms with van der Waals surface area (Å²) in [6, 6.07) is 6.40. The van der Waals surface area contributed by atoms with Crippen LogP contribution >= 0.6 is 27.7 Å². The molecule has 0 spiro atoms. The van der Waals surface area contributed by atoms with Gasteiger partial charge in [0.05, 0.1) is 0 Å². The van der Waals surface area contributed by atoms with E-state index < -0.39 is 0 Å². The number of nitrogens with one attached hydrogen (secondary N) is 1. The third kappa shape index (κ3) is 3.57. The molecule has 0 saturated carbocycles. The SMILES string of the molecule is Cc1nc(Sc2ccc(CC(C)N)c(Br)c2)n[nH]1. The van der Waals surface area contributed by atoms with Gasteiger partial charge >= 0.3 is 0 Å². The fraction of sp³-hybridized carbons (Fsp3) is 0.333. The van der Waals surface area contributed by atoms with Gasteiger partial charge in [-0.2, -0.15) is 0 Å². The molecular formula is C12H15BrN4S. The van der Waals surface area contributed by atoms with Crippen LogP contribution in [0.3, 0.4) is 0 Å². The zero-order chi connectivity index (χ0) is 13.1. The number of nitrogens with two attached hydrogens (primary N) is 1. The molecular weight excluding hydrogens is 312 g/mol. The highest BCUT2D eigenvalue weighted by atomic mass is 79.9. The lowest BCUT2D eigenvalue weighted by Gasteiger charge is -2.08. The number of rotatable bonds is 4. The summed E-state index contributed by atoms with van der Waals surface area (Å²) in [5.74, 6) is 0.824. The van der Waals surface area contributed by atoms with E-state index in [0.717, 1.165) is 26.8 Å². The summed E-state index contributed by atoms with van der Waals surface area (Å²) in [6.45, 7) is 3.89. The van der Waals surface area contributed by atoms with Crippen molar-refractivity contribution >= 4 is 27.7 Å². The van der Waals surface area contributed by atoms with E-state index >= 15 is 0 Å². The maximum atomic E-state index is 5.81. The van der Waals surface area contributed by atoms with Crippen molar-refractivity contribution in [2.24, 2.45) is 5.73 Å². The lowest BCUT2D eigenvalue weighted by atomic mass is 10.1. The van der Waals surface area contributed by atoms with Crippen LogP contribution in [0.15, 0.2) is 32.7 Å². The monoisotopic (exact) mass is 326 g/mol. The molecule has 3 N–H and O–H groups in total. The molecule has 1 heterocycles. The van der Waals surface area contributed by atoms with Gasteiger partial charge in [-0.15, -0.1) is 5.10 Å². The highest BCUT2D eigenvalue weighted by Crippen LogP contribution is 2.29. The van der Waals surface area contributed by atoms with E-state index in [1.165, 1.54) is 17.3 Å². The van der Waals surface area contributed by atoms with Crippen LogP contribution < -0.4 is 5.73 Å². The molecule has 0 bridgehead atoms. The summed E-state index contributed by atoms with van der Waals surface area (Å²) < 4.78 is 1.08. The van der Waals surface area contributed by atoms with Gasteiger partial charge in [0, 0.05) is 15.4 Å². The maximum absolute atomic E-state index is 5.81. The third-order valence-corrected chi connectivity index (χ3v) is 3.95. The number of nitrogens with zero attached hydrogens (tertiary/aromatic N) is 2. The minimum Gasteiger partial charge on any atom is -0.328 e. The molecule has 0 fully saturated rings. The highest BCUT2D eigenvalue weighted by Gasteiger charge is 2.07. The predicted octanol–water partition coefficient (Wildman–Crippen LogP) is 2.92. The summed E-state index contributed by atoms with van der Waals surface area (Å²) in [4.78, 5) is 5.37. The minimum absolute atomic E-state index is 0.162. The van der Waals surface area contributed by atoms with Crippen molar-refractivity contribution in [1.82, 2.24) is 15.2 Å². The minimum atomic E-state index is 0.162. The molecule has 2 aromatic rings. The standard InChI is InChI=1S/C12H15BrN4S/c1-7(14)5-9-3-4-10(6-11(9)13)18-12-15-8(2)16-17-12/h3-4,6-7H,5,14H2,1-2H3,(H,15,16,17). The average molecular weight is 327 g/mol. The van der Waals surface area contributed by atoms with Crippen LogP contribution in [0, 0.1) is 6.92 Å². The van der Waals surface area contributed by atoms with Gasteiger partial charge in [-0.1, -0.05) is 22.0 Å². The van der Waals surface area contributed by atoms with Crippen LogP contribution in [-0.2, 0) is 6.42 Å². The second-order valence-corrected chi connectivity index (χ2v) is 6.14. The van der Waals surface area contributed by atoms with Gasteiger partial charge < -0.3 is 5.73 Å². The number of hydrogen-bond donors (Lipinski definition) is 2. The second-order valence-electron chi connectivity index (χ2n) is 4.24. The molecule has 6 heteroatoms. The van der Waals surface area contributed by atoms with E-state index in [9.17, 15) is 0 Å². The van der Waals surface area contributed by atoms with Crippen molar-refractivity contribution < 1.29 is 0 Å². The Balaban J connectivity index is 2.13. The molecule has 0 aliphatic rings. The van der Waals surface area contributed by atoms with Crippen molar-refractivity contribution in [3.8, 4) is 0 Å². The zero-order valence-corrected chi connectivity index (χ0v) is 12.7. The van der Waals surface area contributed by atoms with Gasteiger partial charge in [0.15, 0.2) is 0 Å². The zero-order valence-electron chi connectivity index (χ0n) is 10.3. The molecule has 0 aliphatic heterocycles. The van der Waals surface area contributed by atoms with E-state index in [1.807, 2.05) is 13.8 Å². The van der Waals surface area contributed by atoms with Crippen LogP contribution in [0.4, 0.5) is 0 Å². The first-order valence-electron chi connectivity index (χ1n) is 5.65. The Labute approximate surface area is 119 Å². The Morgan fingerprint density at radius 1 is 1.50 bits per heavy atom. The molecule has 2 rings (SSSR count). The van der Waals surface area contributed by atoms with Crippen molar-refractivity contribution in [2.45, 2.75) is 36.4 Å². The van der Waals surface area contributed by atoms with E-state index in [2.05, 4.69) is 49.3 Å². The first-order chi connectivity index (χ1) is 8.54. The molecule has 0 radical (unpaired) electrons. The van der Waals surface area contributed by atoms with Crippen molar-refractivity contribution in [2.75, 3.05) is 0 Å². The number of H-pyrrole nitrogens is 1. The van der Waals surface area contributed by atoms with Crippen LogP contribution in [0.1, 0.15) is 18.3 Å². The van der Waals surface area contributed by atoms with Crippen molar-refractivity contribution in [1.29, 1.82) is 0 Å². The number of hydrogen-bond acceptors (Lipinski definition) is 4. The average Bonchev–Trinajstić information content (AvgIpc) is 2.68. The normalized spacial score (nSPS) is 12.7. The van der Waals surface area contributed by atoms with E-state index in [1.54, 1.807) is 0 Å². The Kier molecular flexibility index (Phi) is 4.42. The Morgan fingerprint density at radius 3 is 2.83 bits per heavy atom. The fourth-order valence-electron chi connectivity index (χ4n) is 1.58. The topological polar surface area (TPSA) is 67.6 Å². The summed E-state index contributed by atoms with van der Waals surface area (Å²) in [7, 11) is 0. The molecule has 18 heavy (non-hydrogen) atoms. The van der Waals surface area contributed by atoms with Gasteiger partial charge in [0.1, 0.15) is 5.82 Å². The number of halogens is 1. The fourth-order valence-corrected chi connectivity index (χ4v) is 3.07. The summed E-state index contributed by atoms with van der Waals surface area (Å²) >= 11 is 5.11. The number of benzene rings is 1. The van der Waals surface area contributed by atoms with Gasteiger partial charge in [-0.3, -0.25) is 5.10 Å². The largest absolute Gasteiger partial charge is 0.328 e. The highest BCUT2D eigenvalue weighted by molar-refractivity contribution is 9.10. The first kappa shape index (κ1) is 13.6. The molecule has 1 unspecified atom stereocenters. The first-order valence-corrected chi connectivity index (χ1v) is 7.26. The number of aryl methyl sites for hydroxylation is 1. The van der Waals surface area contributed by atoms with Crippen LogP contribution in [0.25, 0.3) is 0 Å². The van der Waals surface area contributed by atoms with Gasteiger partial charge in [-0.05, 0) is 49.7 Å². The molecule has 1 atom stereocenters. The Morgan fingerprint density at radius 2 is 2.28 bits per heavy atom. The van der Waals surface area contributed by atoms with Crippen LogP contribution in [0.2, 0.25) is 0 Å². The van der Waals surface area contributed by atoms with Crippen molar-refractivity contribution in [3.63, 3.8) is 0 Å². The molecule has 0 saturated heterocycles.